The predicted octanol–water partition coefficient (Wildman–Crippen LogP) is 3.49. The number of benzene rings is 1. The third kappa shape index (κ3) is 1.98. The molecule has 94 valence electrons. The molecule has 2 heterocycles. The Hall–Kier alpha value is -2.27. The summed E-state index contributed by atoms with van der Waals surface area (Å²) in [6, 6.07) is 5.75. The zero-order valence-electron chi connectivity index (χ0n) is 9.43. The zero-order chi connectivity index (χ0) is 13.4. The van der Waals surface area contributed by atoms with Crippen LogP contribution in [-0.2, 0) is 0 Å². The fourth-order valence-corrected chi connectivity index (χ4v) is 1.98. The molecule has 2 aromatic heterocycles. The van der Waals surface area contributed by atoms with E-state index in [1.54, 1.807) is 6.07 Å². The van der Waals surface area contributed by atoms with Gasteiger partial charge in [0.1, 0.15) is 28.6 Å². The number of nitrogens with zero attached hydrogens (tertiary/aromatic N) is 2. The van der Waals surface area contributed by atoms with Gasteiger partial charge in [-0.05, 0) is 24.3 Å². The van der Waals surface area contributed by atoms with Crippen molar-refractivity contribution in [1.82, 2.24) is 9.97 Å². The molecule has 3 rings (SSSR count). The van der Waals surface area contributed by atoms with Crippen LogP contribution in [0.2, 0.25) is 5.15 Å². The van der Waals surface area contributed by atoms with Gasteiger partial charge in [-0.1, -0.05) is 11.6 Å². The van der Waals surface area contributed by atoms with Crippen molar-refractivity contribution in [3.63, 3.8) is 0 Å². The third-order valence-electron chi connectivity index (χ3n) is 2.66. The van der Waals surface area contributed by atoms with Gasteiger partial charge in [0.25, 0.3) is 0 Å². The lowest BCUT2D eigenvalue weighted by molar-refractivity contribution is 0.112. The predicted molar refractivity (Wildman–Crippen MR) is 67.6 cm³/mol. The minimum Gasteiger partial charge on any atom is -0.454 e. The van der Waals surface area contributed by atoms with Gasteiger partial charge in [-0.25, -0.2) is 14.4 Å². The van der Waals surface area contributed by atoms with Gasteiger partial charge < -0.3 is 4.42 Å². The summed E-state index contributed by atoms with van der Waals surface area (Å²) in [6.45, 7) is 0. The molecule has 0 aliphatic carbocycles. The fourth-order valence-electron chi connectivity index (χ4n) is 1.81. The Morgan fingerprint density at radius 3 is 2.89 bits per heavy atom. The van der Waals surface area contributed by atoms with Crippen molar-refractivity contribution >= 4 is 28.9 Å². The summed E-state index contributed by atoms with van der Waals surface area (Å²) in [6.07, 6.45) is 1.80. The summed E-state index contributed by atoms with van der Waals surface area (Å²) in [5.74, 6) is -0.0248. The van der Waals surface area contributed by atoms with E-state index in [-0.39, 0.29) is 22.2 Å². The van der Waals surface area contributed by atoms with E-state index in [0.29, 0.717) is 23.0 Å². The van der Waals surface area contributed by atoms with Crippen molar-refractivity contribution < 1.29 is 13.6 Å². The molecule has 0 bridgehead atoms. The minimum atomic E-state index is -0.365. The molecular formula is C13H6ClFN2O2. The second-order valence-electron chi connectivity index (χ2n) is 3.84. The van der Waals surface area contributed by atoms with Crippen molar-refractivity contribution in [2.75, 3.05) is 0 Å². The number of aldehydes is 1. The Morgan fingerprint density at radius 1 is 1.26 bits per heavy atom. The van der Waals surface area contributed by atoms with E-state index in [0.717, 1.165) is 0 Å². The highest BCUT2D eigenvalue weighted by molar-refractivity contribution is 6.32. The molecule has 0 fully saturated rings. The first-order chi connectivity index (χ1) is 9.19. The molecule has 3 aromatic rings. The molecular weight excluding hydrogens is 271 g/mol. The second-order valence-corrected chi connectivity index (χ2v) is 4.20. The number of halogens is 2. The number of fused-ring (bicyclic) bond motifs is 1. The molecule has 0 amide bonds. The molecule has 0 aliphatic heterocycles. The Bertz CT molecular complexity index is 785. The van der Waals surface area contributed by atoms with Gasteiger partial charge in [0.15, 0.2) is 12.0 Å². The summed E-state index contributed by atoms with van der Waals surface area (Å²) >= 11 is 5.82. The number of aromatic nitrogens is 2. The van der Waals surface area contributed by atoms with Gasteiger partial charge in [0.2, 0.25) is 0 Å². The van der Waals surface area contributed by atoms with Crippen molar-refractivity contribution in [2.24, 2.45) is 0 Å². The van der Waals surface area contributed by atoms with Gasteiger partial charge in [-0.15, -0.1) is 0 Å². The number of hydrogen-bond acceptors (Lipinski definition) is 4. The molecule has 0 radical (unpaired) electrons. The van der Waals surface area contributed by atoms with Gasteiger partial charge in [-0.2, -0.15) is 0 Å². The average molecular weight is 277 g/mol. The molecule has 0 saturated carbocycles. The van der Waals surface area contributed by atoms with E-state index in [9.17, 15) is 9.18 Å². The summed E-state index contributed by atoms with van der Waals surface area (Å²) in [5, 5.41) is 0.633. The van der Waals surface area contributed by atoms with Gasteiger partial charge >= 0.3 is 0 Å². The first-order valence-electron chi connectivity index (χ1n) is 5.34. The normalized spacial score (nSPS) is 10.8. The van der Waals surface area contributed by atoms with Crippen LogP contribution in [0.25, 0.3) is 22.4 Å². The highest BCUT2D eigenvalue weighted by Gasteiger charge is 2.15. The second kappa shape index (κ2) is 4.44. The number of hydrogen-bond donors (Lipinski definition) is 0. The van der Waals surface area contributed by atoms with E-state index in [4.69, 9.17) is 16.0 Å². The minimum absolute atomic E-state index is 0.0478. The summed E-state index contributed by atoms with van der Waals surface area (Å²) in [5.41, 5.74) is 0.929. The van der Waals surface area contributed by atoms with Gasteiger partial charge in [0, 0.05) is 5.39 Å². The highest BCUT2D eigenvalue weighted by Crippen LogP contribution is 2.30. The van der Waals surface area contributed by atoms with Crippen molar-refractivity contribution in [3.8, 4) is 11.5 Å². The number of carbonyl (C=O) groups is 1. The van der Waals surface area contributed by atoms with Crippen LogP contribution in [-0.4, -0.2) is 16.3 Å². The Labute approximate surface area is 111 Å². The summed E-state index contributed by atoms with van der Waals surface area (Å²) in [4.78, 5) is 18.7. The lowest BCUT2D eigenvalue weighted by atomic mass is 10.2. The lowest BCUT2D eigenvalue weighted by Crippen LogP contribution is -1.94. The molecule has 4 nitrogen and oxygen atoms in total. The van der Waals surface area contributed by atoms with Crippen molar-refractivity contribution in [2.45, 2.75) is 0 Å². The quantitative estimate of drug-likeness (QED) is 0.531. The van der Waals surface area contributed by atoms with Crippen LogP contribution in [0.15, 0.2) is 35.0 Å². The summed E-state index contributed by atoms with van der Waals surface area (Å²) in [7, 11) is 0. The molecule has 0 saturated heterocycles. The first kappa shape index (κ1) is 11.8. The monoisotopic (exact) mass is 276 g/mol. The lowest BCUT2D eigenvalue weighted by Gasteiger charge is -2.00. The average Bonchev–Trinajstić information content (AvgIpc) is 2.81. The zero-order valence-corrected chi connectivity index (χ0v) is 10.2. The number of carbonyl (C=O) groups excluding carboxylic acids is 1. The van der Waals surface area contributed by atoms with E-state index in [1.165, 1.54) is 24.5 Å². The van der Waals surface area contributed by atoms with Gasteiger partial charge in [-0.3, -0.25) is 4.79 Å². The molecule has 19 heavy (non-hydrogen) atoms. The Kier molecular flexibility index (Phi) is 2.76. The molecule has 0 unspecified atom stereocenters. The molecule has 1 aromatic carbocycles. The number of rotatable bonds is 2. The smallest absolute Gasteiger partial charge is 0.155 e. The van der Waals surface area contributed by atoms with E-state index < -0.39 is 0 Å². The first-order valence-corrected chi connectivity index (χ1v) is 5.72. The molecule has 0 aliphatic rings. The SMILES string of the molecule is O=Cc1c(Cl)ncnc1-c1cc2cc(F)ccc2o1. The van der Waals surface area contributed by atoms with E-state index in [1.807, 2.05) is 0 Å². The fraction of sp³-hybridized carbons (Fsp3) is 0. The molecule has 0 spiro atoms. The van der Waals surface area contributed by atoms with E-state index >= 15 is 0 Å². The molecule has 0 atom stereocenters. The maximum absolute atomic E-state index is 13.1. The van der Waals surface area contributed by atoms with Crippen LogP contribution in [0.4, 0.5) is 4.39 Å². The van der Waals surface area contributed by atoms with Crippen molar-refractivity contribution in [1.29, 1.82) is 0 Å². The van der Waals surface area contributed by atoms with Crippen molar-refractivity contribution in [3.05, 3.63) is 47.1 Å². The van der Waals surface area contributed by atoms with E-state index in [2.05, 4.69) is 9.97 Å². The van der Waals surface area contributed by atoms with Gasteiger partial charge in [0.05, 0.1) is 5.56 Å². The van der Waals surface area contributed by atoms with Crippen LogP contribution in [0.3, 0.4) is 0 Å². The highest BCUT2D eigenvalue weighted by atomic mass is 35.5. The number of furan rings is 1. The Morgan fingerprint density at radius 2 is 2.11 bits per heavy atom. The van der Waals surface area contributed by atoms with Crippen LogP contribution >= 0.6 is 11.6 Å². The summed E-state index contributed by atoms with van der Waals surface area (Å²) < 4.78 is 18.6. The van der Waals surface area contributed by atoms with Crippen LogP contribution < -0.4 is 0 Å². The Balaban J connectivity index is 2.24. The third-order valence-corrected chi connectivity index (χ3v) is 2.97. The van der Waals surface area contributed by atoms with Crippen LogP contribution in [0.1, 0.15) is 10.4 Å². The maximum Gasteiger partial charge on any atom is 0.155 e. The molecule has 0 N–H and O–H groups in total. The standard InChI is InChI=1S/C13H6ClFN2O2/c14-13-9(5-18)12(16-6-17-13)11-4-7-3-8(15)1-2-10(7)19-11/h1-6H. The maximum atomic E-state index is 13.1. The van der Waals surface area contributed by atoms with Crippen LogP contribution in [0.5, 0.6) is 0 Å². The largest absolute Gasteiger partial charge is 0.454 e. The topological polar surface area (TPSA) is 56.0 Å². The molecule has 6 heteroatoms. The van der Waals surface area contributed by atoms with Crippen LogP contribution in [0, 0.1) is 5.82 Å².